The predicted octanol–water partition coefficient (Wildman–Crippen LogP) is 3.75. The fourth-order valence-electron chi connectivity index (χ4n) is 7.12. The molecule has 15 heteroatoms. The number of carbonyl (C=O) groups excluding carboxylic acids is 6. The van der Waals surface area contributed by atoms with Crippen LogP contribution in [0.2, 0.25) is 0 Å². The molecule has 3 rings (SSSR count). The summed E-state index contributed by atoms with van der Waals surface area (Å²) in [7, 11) is 0. The summed E-state index contributed by atoms with van der Waals surface area (Å²) >= 11 is 4.76. The van der Waals surface area contributed by atoms with E-state index < -0.39 is 88.4 Å². The van der Waals surface area contributed by atoms with E-state index in [1.807, 2.05) is 93.5 Å². The van der Waals surface area contributed by atoms with E-state index in [0.717, 1.165) is 16.5 Å². The maximum Gasteiger partial charge on any atom is 0.243 e. The molecule has 1 aliphatic heterocycles. The molecule has 0 saturated carbocycles. The molecule has 1 saturated heterocycles. The van der Waals surface area contributed by atoms with Crippen molar-refractivity contribution < 1.29 is 28.8 Å². The van der Waals surface area contributed by atoms with Crippen LogP contribution >= 0.6 is 12.6 Å². The van der Waals surface area contributed by atoms with Crippen LogP contribution in [0.25, 0.3) is 10.9 Å². The van der Waals surface area contributed by atoms with E-state index in [1.165, 1.54) is 0 Å². The molecule has 0 radical (unpaired) electrons. The first kappa shape index (κ1) is 49.3. The van der Waals surface area contributed by atoms with Crippen molar-refractivity contribution in [2.24, 2.45) is 29.1 Å². The highest BCUT2D eigenvalue weighted by atomic mass is 32.1. The number of carbonyl (C=O) groups is 6. The molecule has 59 heavy (non-hydrogen) atoms. The number of thiol groups is 1. The van der Waals surface area contributed by atoms with Crippen molar-refractivity contribution >= 4 is 59.0 Å². The molecule has 1 fully saturated rings. The minimum Gasteiger partial charge on any atom is -0.361 e. The first-order valence-electron chi connectivity index (χ1n) is 21.3. The van der Waals surface area contributed by atoms with Gasteiger partial charge in [-0.25, -0.2) is 0 Å². The summed E-state index contributed by atoms with van der Waals surface area (Å²) in [6, 6.07) is 1.06. The van der Waals surface area contributed by atoms with Gasteiger partial charge in [0, 0.05) is 41.4 Å². The lowest BCUT2D eigenvalue weighted by Crippen LogP contribution is -2.62. The number of aromatic amines is 1. The van der Waals surface area contributed by atoms with Gasteiger partial charge in [0.25, 0.3) is 0 Å². The Morgan fingerprint density at radius 1 is 0.661 bits per heavy atom. The second kappa shape index (κ2) is 21.9. The second-order valence-electron chi connectivity index (χ2n) is 18.6. The maximum atomic E-state index is 14.5. The largest absolute Gasteiger partial charge is 0.361 e. The lowest BCUT2D eigenvalue weighted by atomic mass is 9.85. The number of hydrogen-bond acceptors (Lipinski definition) is 8. The average Bonchev–Trinajstić information content (AvgIpc) is 3.56. The van der Waals surface area contributed by atoms with E-state index in [0.29, 0.717) is 12.8 Å². The Kier molecular flexibility index (Phi) is 18.3. The van der Waals surface area contributed by atoms with E-state index in [4.69, 9.17) is 12.6 Å². The van der Waals surface area contributed by atoms with Crippen molar-refractivity contribution in [1.29, 1.82) is 0 Å². The fraction of sp³-hybridized carbons (Fsp3) is 0.682. The van der Waals surface area contributed by atoms with E-state index >= 15 is 0 Å². The zero-order valence-corrected chi connectivity index (χ0v) is 38.1. The summed E-state index contributed by atoms with van der Waals surface area (Å²) in [6.45, 7) is 22.8. The standard InChI is InChI=1S/C44H72N8O6S/c1-13-33(59)36-42(57)52-37(44(10,11)12)43(58)48-31(20-27-21-45-29-17-15-14-16-28(27)29)39(54)47-30(19-18-23(2)3)38(53)50-35(26(8)9)41(56)51-34(25(6)7)40(55)49-32(22-46-36)24(4)5/h14-17,21,23-26,30-37,45-46,59H,13,18-20,22H2,1-12H3,(H,47,54)(H,48,58)(H,49,55)(H,50,53)(H,51,56)(H,52,57)/t30-,31+,32-,33?,34-,35+,36+,37+/m1/s1. The van der Waals surface area contributed by atoms with Crippen LogP contribution in [0, 0.1) is 29.1 Å². The molecule has 8 N–H and O–H groups in total. The molecule has 0 bridgehead atoms. The molecule has 1 aromatic carbocycles. The molecule has 0 aliphatic carbocycles. The normalized spacial score (nSPS) is 25.9. The zero-order chi connectivity index (χ0) is 44.4. The number of H-pyrrole nitrogens is 1. The van der Waals surface area contributed by atoms with Gasteiger partial charge in [-0.05, 0) is 60.0 Å². The van der Waals surface area contributed by atoms with E-state index in [2.05, 4.69) is 42.2 Å². The fourth-order valence-corrected chi connectivity index (χ4v) is 7.36. The number of nitrogens with one attached hydrogen (secondary N) is 8. The van der Waals surface area contributed by atoms with Crippen molar-refractivity contribution in [3.05, 3.63) is 36.0 Å². The van der Waals surface area contributed by atoms with E-state index in [9.17, 15) is 28.8 Å². The molecule has 1 aromatic heterocycles. The molecular weight excluding hydrogens is 769 g/mol. The highest BCUT2D eigenvalue weighted by Crippen LogP contribution is 2.23. The third-order valence-corrected chi connectivity index (χ3v) is 11.7. The number of fused-ring (bicyclic) bond motifs is 1. The third-order valence-electron chi connectivity index (χ3n) is 11.1. The summed E-state index contributed by atoms with van der Waals surface area (Å²) in [5.41, 5.74) is 0.830. The average molecular weight is 841 g/mol. The van der Waals surface area contributed by atoms with Gasteiger partial charge in [0.05, 0.1) is 6.04 Å². The Morgan fingerprint density at radius 2 is 1.20 bits per heavy atom. The SMILES string of the molecule is CCC(S)[C@@H]1NC[C@H](C(C)C)NC(=O)[C@@H](C(C)C)NC(=O)[C@H](C(C)C)NC(=O)[C@@H](CCC(C)C)NC(=O)[C@H](Cc2c[nH]c3ccccc23)NC(=O)[C@@H](C(C)(C)C)NC1=O. The number of aromatic nitrogens is 1. The molecule has 14 nitrogen and oxygen atoms in total. The number of hydrogen-bond donors (Lipinski definition) is 9. The lowest BCUT2D eigenvalue weighted by Gasteiger charge is -2.34. The molecule has 2 aromatic rings. The molecule has 1 unspecified atom stereocenters. The Balaban J connectivity index is 2.19. The first-order chi connectivity index (χ1) is 27.5. The molecule has 2 heterocycles. The van der Waals surface area contributed by atoms with E-state index in [-0.39, 0.29) is 43.1 Å². The van der Waals surface area contributed by atoms with Crippen molar-refractivity contribution in [1.82, 2.24) is 42.2 Å². The van der Waals surface area contributed by atoms with Crippen LogP contribution < -0.4 is 37.2 Å². The molecule has 330 valence electrons. The number of para-hydroxylation sites is 1. The van der Waals surface area contributed by atoms with Crippen LogP contribution in [0.15, 0.2) is 30.5 Å². The smallest absolute Gasteiger partial charge is 0.243 e. The van der Waals surface area contributed by atoms with Crippen molar-refractivity contribution in [2.75, 3.05) is 6.54 Å². The highest BCUT2D eigenvalue weighted by molar-refractivity contribution is 7.81. The monoisotopic (exact) mass is 841 g/mol. The van der Waals surface area contributed by atoms with Crippen molar-refractivity contribution in [3.8, 4) is 0 Å². The summed E-state index contributed by atoms with van der Waals surface area (Å²) in [5.74, 6) is -3.69. The number of rotatable bonds is 10. The van der Waals surface area contributed by atoms with Gasteiger partial charge in [-0.15, -0.1) is 0 Å². The van der Waals surface area contributed by atoms with Gasteiger partial charge in [-0.1, -0.05) is 101 Å². The van der Waals surface area contributed by atoms with Crippen LogP contribution in [0.3, 0.4) is 0 Å². The molecule has 6 amide bonds. The van der Waals surface area contributed by atoms with Crippen LogP contribution in [0.1, 0.15) is 108 Å². The third kappa shape index (κ3) is 14.0. The quantitative estimate of drug-likeness (QED) is 0.162. The first-order valence-corrected chi connectivity index (χ1v) is 21.9. The zero-order valence-electron chi connectivity index (χ0n) is 37.2. The molecule has 1 aliphatic rings. The minimum absolute atomic E-state index is 0.0713. The number of amides is 6. The molecular formula is C44H72N8O6S. The number of benzene rings is 1. The Morgan fingerprint density at radius 3 is 1.76 bits per heavy atom. The van der Waals surface area contributed by atoms with Gasteiger partial charge >= 0.3 is 0 Å². The van der Waals surface area contributed by atoms with Crippen molar-refractivity contribution in [2.45, 2.75) is 156 Å². The van der Waals surface area contributed by atoms with Gasteiger partial charge in [0.1, 0.15) is 30.2 Å². The lowest BCUT2D eigenvalue weighted by molar-refractivity contribution is -0.136. The maximum absolute atomic E-state index is 14.5. The Labute approximate surface area is 356 Å². The van der Waals surface area contributed by atoms with Gasteiger partial charge < -0.3 is 42.2 Å². The van der Waals surface area contributed by atoms with Gasteiger partial charge in [0.15, 0.2) is 0 Å². The predicted molar refractivity (Wildman–Crippen MR) is 236 cm³/mol. The highest BCUT2D eigenvalue weighted by Gasteiger charge is 2.39. The van der Waals surface area contributed by atoms with E-state index in [1.54, 1.807) is 20.0 Å². The van der Waals surface area contributed by atoms with Crippen molar-refractivity contribution in [3.63, 3.8) is 0 Å². The summed E-state index contributed by atoms with van der Waals surface area (Å²) < 4.78 is 0. The summed E-state index contributed by atoms with van der Waals surface area (Å²) in [5, 5.41) is 21.4. The van der Waals surface area contributed by atoms with Gasteiger partial charge in [-0.2, -0.15) is 12.6 Å². The van der Waals surface area contributed by atoms with Gasteiger partial charge in [-0.3, -0.25) is 28.8 Å². The molecule has 0 spiro atoms. The molecule has 8 atom stereocenters. The van der Waals surface area contributed by atoms with Crippen LogP contribution in [-0.4, -0.2) is 94.5 Å². The summed E-state index contributed by atoms with van der Waals surface area (Å²) in [6.07, 6.45) is 3.24. The topological polar surface area (TPSA) is 202 Å². The van der Waals surface area contributed by atoms with Crippen LogP contribution in [0.4, 0.5) is 0 Å². The second-order valence-corrected chi connectivity index (χ2v) is 19.3. The van der Waals surface area contributed by atoms with Crippen LogP contribution in [0.5, 0.6) is 0 Å². The van der Waals surface area contributed by atoms with Crippen LogP contribution in [-0.2, 0) is 35.2 Å². The Hall–Kier alpha value is -4.11. The summed E-state index contributed by atoms with van der Waals surface area (Å²) in [4.78, 5) is 88.6. The van der Waals surface area contributed by atoms with Gasteiger partial charge in [0.2, 0.25) is 35.4 Å². The minimum atomic E-state index is -1.16. The Bertz CT molecular complexity index is 1750.